The van der Waals surface area contributed by atoms with Gasteiger partial charge in [0.15, 0.2) is 0 Å². The average molecular weight is 339 g/mol. The van der Waals surface area contributed by atoms with Crippen molar-refractivity contribution >= 4 is 11.9 Å². The largest absolute Gasteiger partial charge is 0.460 e. The molecule has 25 heavy (non-hydrogen) atoms. The molecule has 1 aliphatic heterocycles. The quantitative estimate of drug-likeness (QED) is 0.692. The average Bonchev–Trinajstić information content (AvgIpc) is 3.16. The van der Waals surface area contributed by atoms with Crippen LogP contribution in [0.5, 0.6) is 0 Å². The Morgan fingerprint density at radius 1 is 1.04 bits per heavy atom. The van der Waals surface area contributed by atoms with Crippen molar-refractivity contribution in [2.24, 2.45) is 5.92 Å². The lowest BCUT2D eigenvalue weighted by Crippen LogP contribution is -2.38. The fourth-order valence-corrected chi connectivity index (χ4v) is 2.80. The first-order valence-corrected chi connectivity index (χ1v) is 8.24. The lowest BCUT2D eigenvalue weighted by Gasteiger charge is -2.18. The minimum absolute atomic E-state index is 0.124. The van der Waals surface area contributed by atoms with Crippen molar-refractivity contribution in [1.29, 1.82) is 0 Å². The maximum absolute atomic E-state index is 12.4. The van der Waals surface area contributed by atoms with Crippen molar-refractivity contribution in [2.75, 3.05) is 13.1 Å². The van der Waals surface area contributed by atoms with Crippen molar-refractivity contribution in [1.82, 2.24) is 16.2 Å². The first-order chi connectivity index (χ1) is 12.2. The molecule has 1 aliphatic rings. The standard InChI is InChI=1S/C19H21N3O3/c23-17(25-13-14-7-3-1-4-8-14)12-20-19(24)16-11-21-22-18(16)15-9-5-2-6-10-15/h1-10,16,18,21-22H,11-13H2,(H,20,24). The highest BCUT2D eigenvalue weighted by molar-refractivity contribution is 5.84. The molecule has 0 saturated carbocycles. The molecule has 0 spiro atoms. The van der Waals surface area contributed by atoms with E-state index in [2.05, 4.69) is 16.2 Å². The molecule has 1 fully saturated rings. The van der Waals surface area contributed by atoms with Crippen LogP contribution in [-0.4, -0.2) is 25.0 Å². The number of esters is 1. The van der Waals surface area contributed by atoms with Gasteiger partial charge in [-0.1, -0.05) is 60.7 Å². The van der Waals surface area contributed by atoms with Gasteiger partial charge < -0.3 is 10.1 Å². The van der Waals surface area contributed by atoms with E-state index in [0.29, 0.717) is 6.54 Å². The molecule has 6 heteroatoms. The molecule has 2 atom stereocenters. The van der Waals surface area contributed by atoms with Crippen LogP contribution < -0.4 is 16.2 Å². The van der Waals surface area contributed by atoms with E-state index in [1.54, 1.807) is 0 Å². The smallest absolute Gasteiger partial charge is 0.325 e. The number of carbonyl (C=O) groups is 2. The number of nitrogens with one attached hydrogen (secondary N) is 3. The fraction of sp³-hybridized carbons (Fsp3) is 0.263. The first-order valence-electron chi connectivity index (χ1n) is 8.24. The lowest BCUT2D eigenvalue weighted by atomic mass is 9.94. The van der Waals surface area contributed by atoms with E-state index < -0.39 is 5.97 Å². The summed E-state index contributed by atoms with van der Waals surface area (Å²) in [5.74, 6) is -0.917. The van der Waals surface area contributed by atoms with Gasteiger partial charge in [0.2, 0.25) is 5.91 Å². The SMILES string of the molecule is O=C(CNC(=O)C1CNNC1c1ccccc1)OCc1ccccc1. The summed E-state index contributed by atoms with van der Waals surface area (Å²) in [6.45, 7) is 0.572. The molecule has 3 rings (SSSR count). The first kappa shape index (κ1) is 17.1. The molecule has 6 nitrogen and oxygen atoms in total. The van der Waals surface area contributed by atoms with Gasteiger partial charge in [0.05, 0.1) is 12.0 Å². The van der Waals surface area contributed by atoms with Gasteiger partial charge in [0.1, 0.15) is 13.2 Å². The second kappa shape index (κ2) is 8.41. The van der Waals surface area contributed by atoms with E-state index in [0.717, 1.165) is 11.1 Å². The number of amides is 1. The highest BCUT2D eigenvalue weighted by atomic mass is 16.5. The van der Waals surface area contributed by atoms with Crippen molar-refractivity contribution in [3.05, 3.63) is 71.8 Å². The van der Waals surface area contributed by atoms with Crippen LogP contribution in [-0.2, 0) is 20.9 Å². The van der Waals surface area contributed by atoms with Gasteiger partial charge in [0.25, 0.3) is 0 Å². The van der Waals surface area contributed by atoms with Crippen LogP contribution >= 0.6 is 0 Å². The highest BCUT2D eigenvalue weighted by Crippen LogP contribution is 2.24. The predicted octanol–water partition coefficient (Wildman–Crippen LogP) is 1.31. The summed E-state index contributed by atoms with van der Waals surface area (Å²) in [7, 11) is 0. The van der Waals surface area contributed by atoms with E-state index >= 15 is 0 Å². The summed E-state index contributed by atoms with van der Waals surface area (Å²) in [4.78, 5) is 24.2. The number of hydrazine groups is 1. The van der Waals surface area contributed by atoms with Crippen molar-refractivity contribution in [3.8, 4) is 0 Å². The van der Waals surface area contributed by atoms with Gasteiger partial charge in [-0.25, -0.2) is 5.43 Å². The van der Waals surface area contributed by atoms with Crippen LogP contribution in [0.4, 0.5) is 0 Å². The Morgan fingerprint density at radius 2 is 1.72 bits per heavy atom. The monoisotopic (exact) mass is 339 g/mol. The minimum Gasteiger partial charge on any atom is -0.460 e. The number of hydrogen-bond acceptors (Lipinski definition) is 5. The third kappa shape index (κ3) is 4.65. The van der Waals surface area contributed by atoms with Crippen LogP contribution in [0, 0.1) is 5.92 Å². The zero-order valence-corrected chi connectivity index (χ0v) is 13.8. The third-order valence-electron chi connectivity index (χ3n) is 4.13. The van der Waals surface area contributed by atoms with Gasteiger partial charge in [0, 0.05) is 6.54 Å². The van der Waals surface area contributed by atoms with Crippen LogP contribution in [0.15, 0.2) is 60.7 Å². The summed E-state index contributed by atoms with van der Waals surface area (Å²) in [6, 6.07) is 19.1. The normalized spacial score (nSPS) is 19.4. The molecular formula is C19H21N3O3. The maximum atomic E-state index is 12.4. The topological polar surface area (TPSA) is 79.5 Å². The molecule has 1 heterocycles. The van der Waals surface area contributed by atoms with Crippen molar-refractivity contribution < 1.29 is 14.3 Å². The molecular weight excluding hydrogens is 318 g/mol. The zero-order chi connectivity index (χ0) is 17.5. The molecule has 2 unspecified atom stereocenters. The summed E-state index contributed by atoms with van der Waals surface area (Å²) in [6.07, 6.45) is 0. The van der Waals surface area contributed by atoms with Gasteiger partial charge >= 0.3 is 5.97 Å². The molecule has 1 amide bonds. The minimum atomic E-state index is -0.452. The van der Waals surface area contributed by atoms with E-state index in [-0.39, 0.29) is 31.0 Å². The molecule has 3 N–H and O–H groups in total. The Balaban J connectivity index is 1.47. The number of benzene rings is 2. The Bertz CT molecular complexity index is 706. The highest BCUT2D eigenvalue weighted by Gasteiger charge is 2.33. The zero-order valence-electron chi connectivity index (χ0n) is 13.8. The Labute approximate surface area is 146 Å². The van der Waals surface area contributed by atoms with Crippen molar-refractivity contribution in [2.45, 2.75) is 12.6 Å². The summed E-state index contributed by atoms with van der Waals surface area (Å²) in [5.41, 5.74) is 8.06. The second-order valence-electron chi connectivity index (χ2n) is 5.88. The molecule has 2 aromatic carbocycles. The lowest BCUT2D eigenvalue weighted by molar-refractivity contribution is -0.145. The Kier molecular flexibility index (Phi) is 5.77. The number of rotatable bonds is 6. The van der Waals surface area contributed by atoms with E-state index in [4.69, 9.17) is 4.74 Å². The van der Waals surface area contributed by atoms with Gasteiger partial charge in [-0.05, 0) is 11.1 Å². The summed E-state index contributed by atoms with van der Waals surface area (Å²) >= 11 is 0. The van der Waals surface area contributed by atoms with E-state index in [9.17, 15) is 9.59 Å². The second-order valence-corrected chi connectivity index (χ2v) is 5.88. The van der Waals surface area contributed by atoms with Crippen LogP contribution in [0.1, 0.15) is 17.2 Å². The maximum Gasteiger partial charge on any atom is 0.325 e. The van der Waals surface area contributed by atoms with Gasteiger partial charge in [-0.15, -0.1) is 0 Å². The van der Waals surface area contributed by atoms with Gasteiger partial charge in [-0.3, -0.25) is 15.0 Å². The fourth-order valence-electron chi connectivity index (χ4n) is 2.80. The number of hydrogen-bond donors (Lipinski definition) is 3. The third-order valence-corrected chi connectivity index (χ3v) is 4.13. The van der Waals surface area contributed by atoms with E-state index in [1.165, 1.54) is 0 Å². The molecule has 0 aliphatic carbocycles. The summed E-state index contributed by atoms with van der Waals surface area (Å²) in [5, 5.41) is 2.67. The molecule has 1 saturated heterocycles. The number of carbonyl (C=O) groups excluding carboxylic acids is 2. The van der Waals surface area contributed by atoms with Crippen LogP contribution in [0.3, 0.4) is 0 Å². The number of ether oxygens (including phenoxy) is 1. The van der Waals surface area contributed by atoms with Crippen LogP contribution in [0.25, 0.3) is 0 Å². The van der Waals surface area contributed by atoms with E-state index in [1.807, 2.05) is 60.7 Å². The Morgan fingerprint density at radius 3 is 2.44 bits per heavy atom. The molecule has 0 aromatic heterocycles. The summed E-state index contributed by atoms with van der Waals surface area (Å²) < 4.78 is 5.17. The van der Waals surface area contributed by atoms with Crippen molar-refractivity contribution in [3.63, 3.8) is 0 Å². The molecule has 2 aromatic rings. The molecule has 0 radical (unpaired) electrons. The molecule has 0 bridgehead atoms. The van der Waals surface area contributed by atoms with Crippen LogP contribution in [0.2, 0.25) is 0 Å². The predicted molar refractivity (Wildman–Crippen MR) is 93.1 cm³/mol. The molecule has 130 valence electrons. The Hall–Kier alpha value is -2.70. The van der Waals surface area contributed by atoms with Gasteiger partial charge in [-0.2, -0.15) is 0 Å².